The van der Waals surface area contributed by atoms with Crippen LogP contribution < -0.4 is 5.32 Å². The van der Waals surface area contributed by atoms with Gasteiger partial charge in [0, 0.05) is 25.1 Å². The minimum atomic E-state index is -1.00. The molecule has 14 atom stereocenters. The first-order valence-corrected chi connectivity index (χ1v) is 17.8. The second-order valence-electron chi connectivity index (χ2n) is 17.7. The Labute approximate surface area is 260 Å². The van der Waals surface area contributed by atoms with Crippen LogP contribution in [0.3, 0.4) is 0 Å². The van der Waals surface area contributed by atoms with E-state index in [1.807, 2.05) is 20.8 Å². The number of rotatable bonds is 6. The van der Waals surface area contributed by atoms with Crippen LogP contribution >= 0.6 is 0 Å². The maximum absolute atomic E-state index is 12.5. The van der Waals surface area contributed by atoms with Crippen molar-refractivity contribution in [1.82, 2.24) is 5.32 Å². The normalized spacial score (nSPS) is 54.4. The summed E-state index contributed by atoms with van der Waals surface area (Å²) in [5, 5.41) is 27.0. The van der Waals surface area contributed by atoms with E-state index < -0.39 is 17.8 Å². The van der Waals surface area contributed by atoms with Crippen molar-refractivity contribution in [2.75, 3.05) is 26.3 Å². The van der Waals surface area contributed by atoms with E-state index in [0.717, 1.165) is 32.5 Å². The van der Waals surface area contributed by atoms with E-state index in [9.17, 15) is 10.2 Å². The van der Waals surface area contributed by atoms with Crippen molar-refractivity contribution < 1.29 is 29.2 Å². The van der Waals surface area contributed by atoms with Gasteiger partial charge >= 0.3 is 0 Å². The van der Waals surface area contributed by atoms with E-state index in [-0.39, 0.29) is 40.8 Å². The van der Waals surface area contributed by atoms with Crippen molar-refractivity contribution >= 4 is 0 Å². The zero-order valence-corrected chi connectivity index (χ0v) is 28.3. The van der Waals surface area contributed by atoms with Crippen molar-refractivity contribution in [3.8, 4) is 0 Å². The summed E-state index contributed by atoms with van der Waals surface area (Å²) in [7, 11) is 0. The lowest BCUT2D eigenvalue weighted by atomic mass is 9.41. The second-order valence-corrected chi connectivity index (χ2v) is 17.7. The molecule has 7 fully saturated rings. The van der Waals surface area contributed by atoms with Crippen LogP contribution in [0.15, 0.2) is 0 Å². The first-order valence-electron chi connectivity index (χ1n) is 17.8. The monoisotopic (exact) mass is 603 g/mol. The highest BCUT2D eigenvalue weighted by Crippen LogP contribution is 2.89. The third kappa shape index (κ3) is 4.10. The van der Waals surface area contributed by atoms with Crippen LogP contribution in [0.25, 0.3) is 0 Å². The molecular weight excluding hydrogens is 542 g/mol. The highest BCUT2D eigenvalue weighted by molar-refractivity contribution is 5.33. The Hall–Kier alpha value is -0.280. The molecule has 0 radical (unpaired) electrons. The van der Waals surface area contributed by atoms with Crippen LogP contribution in [0.2, 0.25) is 0 Å². The molecule has 43 heavy (non-hydrogen) atoms. The van der Waals surface area contributed by atoms with Crippen LogP contribution in [0.1, 0.15) is 107 Å². The van der Waals surface area contributed by atoms with Gasteiger partial charge in [0.25, 0.3) is 0 Å². The fourth-order valence-corrected chi connectivity index (χ4v) is 13.5. The Bertz CT molecular complexity index is 1070. The summed E-state index contributed by atoms with van der Waals surface area (Å²) in [6, 6.07) is 0. The maximum Gasteiger partial charge on any atom is 0.170 e. The van der Waals surface area contributed by atoms with Gasteiger partial charge in [-0.1, -0.05) is 34.6 Å². The Morgan fingerprint density at radius 3 is 2.42 bits per heavy atom. The van der Waals surface area contributed by atoms with E-state index in [2.05, 4.69) is 39.9 Å². The predicted octanol–water partition coefficient (Wildman–Crippen LogP) is 5.31. The minimum Gasteiger partial charge on any atom is -0.390 e. The van der Waals surface area contributed by atoms with Crippen molar-refractivity contribution in [1.29, 1.82) is 0 Å². The molecule has 246 valence electrons. The molecule has 2 saturated heterocycles. The van der Waals surface area contributed by atoms with Crippen molar-refractivity contribution in [3.63, 3.8) is 0 Å². The molecule has 0 unspecified atom stereocenters. The zero-order valence-electron chi connectivity index (χ0n) is 28.3. The van der Waals surface area contributed by atoms with Gasteiger partial charge in [-0.25, -0.2) is 0 Å². The number of hydrogen-bond donors (Lipinski definition) is 3. The summed E-state index contributed by atoms with van der Waals surface area (Å²) in [5.41, 5.74) is -0.354. The van der Waals surface area contributed by atoms with Crippen LogP contribution in [0.5, 0.6) is 0 Å². The topological polar surface area (TPSA) is 89.4 Å². The molecule has 7 aliphatic rings. The number of aliphatic hydroxyl groups excluding tert-OH is 1. The summed E-state index contributed by atoms with van der Waals surface area (Å²) in [4.78, 5) is 0. The van der Waals surface area contributed by atoms with E-state index in [1.54, 1.807) is 0 Å². The van der Waals surface area contributed by atoms with Crippen molar-refractivity contribution in [3.05, 3.63) is 0 Å². The van der Waals surface area contributed by atoms with Gasteiger partial charge in [0.2, 0.25) is 0 Å². The van der Waals surface area contributed by atoms with E-state index in [4.69, 9.17) is 18.9 Å². The van der Waals surface area contributed by atoms with Gasteiger partial charge in [0.1, 0.15) is 6.10 Å². The second kappa shape index (κ2) is 10.1. The predicted molar refractivity (Wildman–Crippen MR) is 165 cm³/mol. The lowest BCUT2D eigenvalue weighted by molar-refractivity contribution is -0.237. The van der Waals surface area contributed by atoms with Gasteiger partial charge < -0.3 is 34.5 Å². The molecule has 5 saturated carbocycles. The summed E-state index contributed by atoms with van der Waals surface area (Å²) in [6.45, 7) is 20.9. The van der Waals surface area contributed by atoms with Gasteiger partial charge in [0.05, 0.1) is 36.6 Å². The Kier molecular flexibility index (Phi) is 7.37. The molecule has 3 N–H and O–H groups in total. The fraction of sp³-hybridized carbons (Fsp3) is 1.00. The summed E-state index contributed by atoms with van der Waals surface area (Å²) < 4.78 is 25.7. The molecule has 2 aliphatic heterocycles. The summed E-state index contributed by atoms with van der Waals surface area (Å²) in [5.74, 6) is 1.89. The van der Waals surface area contributed by atoms with Gasteiger partial charge in [-0.15, -0.1) is 0 Å². The number of hydrogen-bond acceptors (Lipinski definition) is 7. The SMILES string of the molecule is CCO[C@@H]([C@H]1C[C@@H](C)[C@H]2[C@H](O1)[C@H](O)[C@@]1(C)[C@@H]3CC[C@H]4C(C)(C)[C@@H](O[C@H]5CNCCO5)CC[C@@]45C[C@@]35CC[C@]21C)C(C)(C)O. The van der Waals surface area contributed by atoms with E-state index >= 15 is 0 Å². The van der Waals surface area contributed by atoms with Crippen LogP contribution in [-0.4, -0.2) is 78.9 Å². The molecule has 7 heteroatoms. The third-order valence-corrected chi connectivity index (χ3v) is 15.4. The van der Waals surface area contributed by atoms with Gasteiger partial charge in [-0.2, -0.15) is 0 Å². The largest absolute Gasteiger partial charge is 0.390 e. The third-order valence-electron chi connectivity index (χ3n) is 15.4. The van der Waals surface area contributed by atoms with Crippen molar-refractivity contribution in [2.24, 2.45) is 50.7 Å². The Balaban J connectivity index is 1.16. The smallest absolute Gasteiger partial charge is 0.170 e. The Morgan fingerprint density at radius 1 is 1.02 bits per heavy atom. The quantitative estimate of drug-likeness (QED) is 0.379. The average Bonchev–Trinajstić information content (AvgIpc) is 3.58. The van der Waals surface area contributed by atoms with Crippen LogP contribution in [0.4, 0.5) is 0 Å². The summed E-state index contributed by atoms with van der Waals surface area (Å²) in [6.07, 6.45) is 8.19. The molecule has 2 spiro atoms. The standard InChI is InChI=1S/C36H61NO6/c1-9-40-30(32(5,6)39)22-18-21(2)27-28(42-22)29(38)34(8)24-11-10-23-31(3,4)25(43-26-19-37-16-17-41-26)12-13-35(23)20-36(24,35)15-14-33(27,34)7/h21-30,37-39H,9-20H2,1-8H3/t21-,22-,23+,24+,25+,26+,27+,28+,29+,30+,33-,34-,35-,36+/m1/s1. The van der Waals surface area contributed by atoms with E-state index in [0.29, 0.717) is 41.1 Å². The molecule has 7 rings (SSSR count). The van der Waals surface area contributed by atoms with Gasteiger partial charge in [-0.05, 0) is 117 Å². The molecule has 0 aromatic carbocycles. The maximum atomic E-state index is 12.5. The molecule has 7 nitrogen and oxygen atoms in total. The highest BCUT2D eigenvalue weighted by atomic mass is 16.7. The number of ether oxygens (including phenoxy) is 4. The molecule has 5 aliphatic carbocycles. The number of aliphatic hydroxyl groups is 2. The lowest BCUT2D eigenvalue weighted by Gasteiger charge is -2.64. The first kappa shape index (κ1) is 31.3. The number of nitrogens with one attached hydrogen (secondary N) is 1. The lowest BCUT2D eigenvalue weighted by Crippen LogP contribution is -2.60. The van der Waals surface area contributed by atoms with Crippen LogP contribution in [-0.2, 0) is 18.9 Å². The number of morpholine rings is 1. The fourth-order valence-electron chi connectivity index (χ4n) is 13.5. The molecule has 0 amide bonds. The molecular formula is C36H61NO6. The molecule has 2 heterocycles. The average molecular weight is 604 g/mol. The molecule has 0 aromatic rings. The number of fused-ring (bicyclic) bond motifs is 4. The van der Waals surface area contributed by atoms with E-state index in [1.165, 1.54) is 38.5 Å². The van der Waals surface area contributed by atoms with Gasteiger partial charge in [-0.3, -0.25) is 0 Å². The minimum absolute atomic E-state index is 0.0327. The van der Waals surface area contributed by atoms with Crippen molar-refractivity contribution in [2.45, 2.75) is 149 Å². The Morgan fingerprint density at radius 2 is 1.74 bits per heavy atom. The summed E-state index contributed by atoms with van der Waals surface area (Å²) >= 11 is 0. The molecule has 0 bridgehead atoms. The first-order chi connectivity index (χ1) is 20.2. The van der Waals surface area contributed by atoms with Gasteiger partial charge in [0.15, 0.2) is 6.29 Å². The molecule has 0 aromatic heterocycles. The highest BCUT2D eigenvalue weighted by Gasteiger charge is 2.84. The zero-order chi connectivity index (χ0) is 30.8. The van der Waals surface area contributed by atoms with Crippen LogP contribution in [0, 0.1) is 50.7 Å².